The minimum absolute atomic E-state index is 0.0797. The monoisotopic (exact) mass is 626 g/mol. The fraction of sp³-hybridized carbons (Fsp3) is 0.919. The molecule has 0 aromatic rings. The number of carbonyl (C=O) groups excluding carboxylic acids is 2. The zero-order valence-corrected chi connectivity index (χ0v) is 29.2. The summed E-state index contributed by atoms with van der Waals surface area (Å²) in [6, 6.07) is -1.35. The lowest BCUT2D eigenvalue weighted by Gasteiger charge is -2.19. The summed E-state index contributed by atoms with van der Waals surface area (Å²) in [4.78, 5) is 36.2. The maximum Gasteiger partial charge on any atom is 0.328 e. The molecule has 260 valence electrons. The van der Waals surface area contributed by atoms with Crippen molar-refractivity contribution < 1.29 is 29.3 Å². The summed E-state index contributed by atoms with van der Waals surface area (Å²) >= 11 is 0. The van der Waals surface area contributed by atoms with Crippen LogP contribution in [0.4, 0.5) is 0 Å². The van der Waals surface area contributed by atoms with Gasteiger partial charge >= 0.3 is 11.9 Å². The molecular formula is C37H71NO6. The van der Waals surface area contributed by atoms with Gasteiger partial charge in [0, 0.05) is 6.42 Å². The van der Waals surface area contributed by atoms with E-state index < -0.39 is 30.6 Å². The molecule has 0 aliphatic rings. The Kier molecular flexibility index (Phi) is 28.9. The van der Waals surface area contributed by atoms with E-state index in [-0.39, 0.29) is 12.4 Å². The number of carbonyl (C=O) groups is 3. The van der Waals surface area contributed by atoms with Gasteiger partial charge in [-0.15, -0.1) is 0 Å². The number of esters is 1. The van der Waals surface area contributed by atoms with Gasteiger partial charge in [0.2, 0.25) is 5.91 Å². The van der Waals surface area contributed by atoms with Crippen molar-refractivity contribution >= 4 is 17.8 Å². The number of hydrogen-bond donors (Lipinski definition) is 3. The van der Waals surface area contributed by atoms with Gasteiger partial charge in [-0.25, -0.2) is 4.79 Å². The second-order valence-corrected chi connectivity index (χ2v) is 13.9. The summed E-state index contributed by atoms with van der Waals surface area (Å²) in [7, 11) is 0. The molecule has 0 aliphatic carbocycles. The third kappa shape index (κ3) is 29.1. The highest BCUT2D eigenvalue weighted by Gasteiger charge is 2.23. The van der Waals surface area contributed by atoms with Crippen molar-refractivity contribution in [2.75, 3.05) is 6.61 Å². The molecule has 0 aliphatic heterocycles. The molecule has 0 spiro atoms. The Hall–Kier alpha value is -1.63. The molecule has 0 fully saturated rings. The maximum absolute atomic E-state index is 12.6. The summed E-state index contributed by atoms with van der Waals surface area (Å²) in [5, 5.41) is 20.7. The van der Waals surface area contributed by atoms with Crippen LogP contribution in [0.1, 0.15) is 188 Å². The van der Waals surface area contributed by atoms with Gasteiger partial charge in [0.15, 0.2) is 0 Å². The van der Waals surface area contributed by atoms with Crippen LogP contribution < -0.4 is 5.32 Å². The highest BCUT2D eigenvalue weighted by Crippen LogP contribution is 2.18. The smallest absolute Gasteiger partial charge is 0.328 e. The summed E-state index contributed by atoms with van der Waals surface area (Å²) in [5.74, 6) is -0.473. The molecule has 1 amide bonds. The molecule has 0 aromatic heterocycles. The third-order valence-electron chi connectivity index (χ3n) is 8.50. The van der Waals surface area contributed by atoms with E-state index in [1.807, 2.05) is 0 Å². The van der Waals surface area contributed by atoms with E-state index in [1.165, 1.54) is 103 Å². The minimum atomic E-state index is -1.35. The predicted octanol–water partition coefficient (Wildman–Crippen LogP) is 9.52. The number of carboxylic acid groups (broad SMARTS) is 1. The second-order valence-electron chi connectivity index (χ2n) is 13.9. The lowest BCUT2D eigenvalue weighted by Crippen LogP contribution is -2.44. The van der Waals surface area contributed by atoms with E-state index in [4.69, 9.17) is 9.84 Å². The SMILES string of the molecule is CC(C)CCCCCCCCCCCCCC(=O)OC(CCCCCCCCCCCC(C)C)CC(=O)N[C@@H](CO)C(=O)O. The summed E-state index contributed by atoms with van der Waals surface area (Å²) < 4.78 is 5.70. The molecule has 1 unspecified atom stereocenters. The Balaban J connectivity index is 4.20. The summed E-state index contributed by atoms with van der Waals surface area (Å²) in [6.45, 7) is 8.47. The van der Waals surface area contributed by atoms with Crippen LogP contribution in [0.15, 0.2) is 0 Å². The van der Waals surface area contributed by atoms with Crippen molar-refractivity contribution in [3.05, 3.63) is 0 Å². The molecule has 3 N–H and O–H groups in total. The average molecular weight is 626 g/mol. The van der Waals surface area contributed by atoms with Gasteiger partial charge in [-0.05, 0) is 31.1 Å². The normalized spacial score (nSPS) is 12.9. The number of nitrogens with one attached hydrogen (secondary N) is 1. The quantitative estimate of drug-likeness (QED) is 0.0507. The van der Waals surface area contributed by atoms with E-state index in [1.54, 1.807) is 0 Å². The highest BCUT2D eigenvalue weighted by molar-refractivity contribution is 5.84. The predicted molar refractivity (Wildman–Crippen MR) is 182 cm³/mol. The topological polar surface area (TPSA) is 113 Å². The molecule has 0 aromatic carbocycles. The largest absolute Gasteiger partial charge is 0.480 e. The summed E-state index contributed by atoms with van der Waals surface area (Å²) in [6.07, 6.45) is 27.1. The number of rotatable bonds is 32. The van der Waals surface area contributed by atoms with E-state index >= 15 is 0 Å². The van der Waals surface area contributed by atoms with Crippen molar-refractivity contribution in [1.82, 2.24) is 5.32 Å². The number of carboxylic acids is 1. The first-order valence-corrected chi connectivity index (χ1v) is 18.5. The van der Waals surface area contributed by atoms with Crippen LogP contribution in [0.2, 0.25) is 0 Å². The fourth-order valence-electron chi connectivity index (χ4n) is 5.67. The van der Waals surface area contributed by atoms with E-state index in [0.717, 1.165) is 50.4 Å². The zero-order valence-electron chi connectivity index (χ0n) is 29.2. The number of ether oxygens (including phenoxy) is 1. The maximum atomic E-state index is 12.6. The van der Waals surface area contributed by atoms with Gasteiger partial charge in [0.1, 0.15) is 12.1 Å². The van der Waals surface area contributed by atoms with Crippen LogP contribution in [0.3, 0.4) is 0 Å². The van der Waals surface area contributed by atoms with Gasteiger partial charge in [0.25, 0.3) is 0 Å². The third-order valence-corrected chi connectivity index (χ3v) is 8.50. The fourth-order valence-corrected chi connectivity index (χ4v) is 5.67. The lowest BCUT2D eigenvalue weighted by atomic mass is 10.0. The first kappa shape index (κ1) is 42.4. The molecule has 0 saturated heterocycles. The lowest BCUT2D eigenvalue weighted by molar-refractivity contribution is -0.152. The van der Waals surface area contributed by atoms with Crippen molar-refractivity contribution in [3.63, 3.8) is 0 Å². The Morgan fingerprint density at radius 3 is 1.30 bits per heavy atom. The standard InChI is InChI=1S/C37H71NO6/c1-31(2)25-21-17-13-9-6-5-7-12-16-20-24-28-36(41)44-33(29-35(40)38-34(30-39)37(42)43)27-23-19-15-11-8-10-14-18-22-26-32(3)4/h31-34,39H,5-30H2,1-4H3,(H,38,40)(H,42,43)/t33?,34-/m0/s1. The van der Waals surface area contributed by atoms with Crippen LogP contribution in [0, 0.1) is 11.8 Å². The van der Waals surface area contributed by atoms with Gasteiger partial charge < -0.3 is 20.3 Å². The van der Waals surface area contributed by atoms with Gasteiger partial charge in [0.05, 0.1) is 13.0 Å². The van der Waals surface area contributed by atoms with Crippen molar-refractivity contribution in [2.45, 2.75) is 200 Å². The van der Waals surface area contributed by atoms with Gasteiger partial charge in [-0.3, -0.25) is 9.59 Å². The zero-order chi connectivity index (χ0) is 32.8. The minimum Gasteiger partial charge on any atom is -0.480 e. The number of aliphatic hydroxyl groups is 1. The molecule has 0 radical (unpaired) electrons. The molecule has 0 heterocycles. The number of amides is 1. The molecule has 7 heteroatoms. The molecule has 2 atom stereocenters. The van der Waals surface area contributed by atoms with Crippen LogP contribution in [0.5, 0.6) is 0 Å². The highest BCUT2D eigenvalue weighted by atomic mass is 16.5. The van der Waals surface area contributed by atoms with Crippen LogP contribution >= 0.6 is 0 Å². The van der Waals surface area contributed by atoms with Crippen molar-refractivity contribution in [3.8, 4) is 0 Å². The average Bonchev–Trinajstić information content (AvgIpc) is 2.96. The van der Waals surface area contributed by atoms with Crippen LogP contribution in [-0.2, 0) is 19.1 Å². The molecular weight excluding hydrogens is 554 g/mol. The van der Waals surface area contributed by atoms with Crippen LogP contribution in [0.25, 0.3) is 0 Å². The number of aliphatic carboxylic acids is 1. The number of hydrogen-bond acceptors (Lipinski definition) is 5. The van der Waals surface area contributed by atoms with E-state index in [0.29, 0.717) is 12.8 Å². The Labute approximate surface area is 271 Å². The van der Waals surface area contributed by atoms with Crippen LogP contribution in [-0.4, -0.2) is 46.8 Å². The Morgan fingerprint density at radius 1 is 0.568 bits per heavy atom. The van der Waals surface area contributed by atoms with Gasteiger partial charge in [-0.2, -0.15) is 0 Å². The number of aliphatic hydroxyl groups excluding tert-OH is 1. The van der Waals surface area contributed by atoms with Crippen molar-refractivity contribution in [2.24, 2.45) is 11.8 Å². The summed E-state index contributed by atoms with van der Waals surface area (Å²) in [5.41, 5.74) is 0. The molecule has 0 saturated carbocycles. The first-order chi connectivity index (χ1) is 21.1. The number of unbranched alkanes of at least 4 members (excludes halogenated alkanes) is 18. The Bertz CT molecular complexity index is 695. The first-order valence-electron chi connectivity index (χ1n) is 18.5. The Morgan fingerprint density at radius 2 is 0.932 bits per heavy atom. The molecule has 44 heavy (non-hydrogen) atoms. The molecule has 0 rings (SSSR count). The van der Waals surface area contributed by atoms with Crippen molar-refractivity contribution in [1.29, 1.82) is 0 Å². The van der Waals surface area contributed by atoms with E-state index in [9.17, 15) is 19.5 Å². The van der Waals surface area contributed by atoms with E-state index in [2.05, 4.69) is 33.0 Å². The van der Waals surface area contributed by atoms with Gasteiger partial charge in [-0.1, -0.05) is 156 Å². The molecule has 7 nitrogen and oxygen atoms in total. The second kappa shape index (κ2) is 30.0. The molecule has 0 bridgehead atoms.